The summed E-state index contributed by atoms with van der Waals surface area (Å²) in [6, 6.07) is 3.87. The summed E-state index contributed by atoms with van der Waals surface area (Å²) in [4.78, 5) is 4.69. The Balaban J connectivity index is 1.65. The molecule has 2 aromatic heterocycles. The van der Waals surface area contributed by atoms with E-state index in [1.54, 1.807) is 44.4 Å². The van der Waals surface area contributed by atoms with Crippen molar-refractivity contribution in [3.8, 4) is 28.1 Å². The quantitative estimate of drug-likeness (QED) is 0.644. The van der Waals surface area contributed by atoms with Gasteiger partial charge in [-0.15, -0.1) is 21.5 Å². The number of ether oxygens (including phenoxy) is 3. The fourth-order valence-corrected chi connectivity index (χ4v) is 4.83. The van der Waals surface area contributed by atoms with Crippen molar-refractivity contribution in [3.63, 3.8) is 0 Å². The second-order valence-electron chi connectivity index (χ2n) is 6.46. The van der Waals surface area contributed by atoms with Crippen LogP contribution in [0.25, 0.3) is 10.8 Å². The van der Waals surface area contributed by atoms with E-state index in [1.165, 1.54) is 0 Å². The van der Waals surface area contributed by atoms with Gasteiger partial charge in [-0.05, 0) is 23.6 Å². The van der Waals surface area contributed by atoms with Crippen LogP contribution in [0.3, 0.4) is 0 Å². The van der Waals surface area contributed by atoms with E-state index in [1.807, 2.05) is 16.8 Å². The number of rotatable bonds is 6. The molecule has 0 saturated carbocycles. The zero-order chi connectivity index (χ0) is 19.8. The van der Waals surface area contributed by atoms with E-state index in [0.29, 0.717) is 29.0 Å². The van der Waals surface area contributed by atoms with Gasteiger partial charge >= 0.3 is 0 Å². The zero-order valence-electron chi connectivity index (χ0n) is 16.2. The summed E-state index contributed by atoms with van der Waals surface area (Å²) in [5, 5.41) is 12.3. The summed E-state index contributed by atoms with van der Waals surface area (Å²) in [6.45, 7) is 4.25. The maximum absolute atomic E-state index is 5.47. The average Bonchev–Trinajstić information content (AvgIpc) is 3.41. The first-order valence-corrected chi connectivity index (χ1v) is 10.5. The van der Waals surface area contributed by atoms with Crippen molar-refractivity contribution in [3.05, 3.63) is 28.8 Å². The normalized spacial score (nSPS) is 15.4. The fourth-order valence-electron chi connectivity index (χ4n) is 2.90. The molecule has 0 aliphatic carbocycles. The lowest BCUT2D eigenvalue weighted by molar-refractivity contribution is 0.324. The SMILES string of the molecule is COc1cc(C2Nn3c(nnc3-c3nc(C(C)C)cs3)S2)cc(OC)c1OC. The molecule has 1 N–H and O–H groups in total. The summed E-state index contributed by atoms with van der Waals surface area (Å²) in [5.74, 6) is 2.89. The van der Waals surface area contributed by atoms with E-state index in [0.717, 1.165) is 21.4 Å². The first kappa shape index (κ1) is 18.9. The number of hydrogen-bond donors (Lipinski definition) is 1. The van der Waals surface area contributed by atoms with Crippen LogP contribution in [-0.2, 0) is 0 Å². The van der Waals surface area contributed by atoms with Gasteiger partial charge in [-0.1, -0.05) is 25.6 Å². The first-order valence-electron chi connectivity index (χ1n) is 8.70. The van der Waals surface area contributed by atoms with Crippen molar-refractivity contribution >= 4 is 23.1 Å². The molecule has 1 aromatic carbocycles. The third kappa shape index (κ3) is 3.16. The number of nitrogens with zero attached hydrogens (tertiary/aromatic N) is 4. The number of benzene rings is 1. The standard InChI is InChI=1S/C18H21N5O3S2/c1-9(2)11-8-27-17(19-11)15-20-21-18-23(15)22-16(28-18)10-6-12(24-3)14(26-5)13(7-10)25-4/h6-9,16,22H,1-5H3. The van der Waals surface area contributed by atoms with Crippen molar-refractivity contribution in [2.45, 2.75) is 30.3 Å². The molecule has 0 spiro atoms. The lowest BCUT2D eigenvalue weighted by atomic mass is 10.2. The van der Waals surface area contributed by atoms with E-state index in [-0.39, 0.29) is 5.37 Å². The first-order chi connectivity index (χ1) is 13.5. The minimum absolute atomic E-state index is 0.0671. The monoisotopic (exact) mass is 419 g/mol. The Morgan fingerprint density at radius 3 is 2.36 bits per heavy atom. The van der Waals surface area contributed by atoms with Gasteiger partial charge in [0.15, 0.2) is 16.5 Å². The van der Waals surface area contributed by atoms with Crippen LogP contribution in [0.1, 0.15) is 36.4 Å². The number of hydrogen-bond acceptors (Lipinski definition) is 9. The van der Waals surface area contributed by atoms with Crippen LogP contribution in [0.15, 0.2) is 22.7 Å². The maximum atomic E-state index is 5.47. The minimum Gasteiger partial charge on any atom is -0.493 e. The second-order valence-corrected chi connectivity index (χ2v) is 8.39. The van der Waals surface area contributed by atoms with Gasteiger partial charge in [-0.3, -0.25) is 0 Å². The summed E-state index contributed by atoms with van der Waals surface area (Å²) in [6.07, 6.45) is 0. The molecule has 28 heavy (non-hydrogen) atoms. The van der Waals surface area contributed by atoms with Gasteiger partial charge in [0.2, 0.25) is 16.7 Å². The molecular weight excluding hydrogens is 398 g/mol. The molecular formula is C18H21N5O3S2. The average molecular weight is 420 g/mol. The third-order valence-corrected chi connectivity index (χ3v) is 6.34. The van der Waals surface area contributed by atoms with Gasteiger partial charge in [0, 0.05) is 5.38 Å². The number of nitrogens with one attached hydrogen (secondary N) is 1. The van der Waals surface area contributed by atoms with Gasteiger partial charge in [0.1, 0.15) is 5.37 Å². The molecule has 3 aromatic rings. The van der Waals surface area contributed by atoms with E-state index >= 15 is 0 Å². The molecule has 3 heterocycles. The van der Waals surface area contributed by atoms with Crippen LogP contribution in [0.2, 0.25) is 0 Å². The lowest BCUT2D eigenvalue weighted by Crippen LogP contribution is -2.14. The molecule has 148 valence electrons. The Morgan fingerprint density at radius 1 is 1.07 bits per heavy atom. The largest absolute Gasteiger partial charge is 0.493 e. The van der Waals surface area contributed by atoms with Gasteiger partial charge in [-0.2, -0.15) is 0 Å². The summed E-state index contributed by atoms with van der Waals surface area (Å²) < 4.78 is 18.2. The minimum atomic E-state index is -0.0671. The van der Waals surface area contributed by atoms with Crippen molar-refractivity contribution < 1.29 is 14.2 Å². The molecule has 8 nitrogen and oxygen atoms in total. The molecule has 0 radical (unpaired) electrons. The molecule has 0 amide bonds. The molecule has 0 saturated heterocycles. The Labute approximate surface area is 171 Å². The number of fused-ring (bicyclic) bond motifs is 1. The van der Waals surface area contributed by atoms with E-state index in [9.17, 15) is 0 Å². The highest BCUT2D eigenvalue weighted by Crippen LogP contribution is 2.46. The number of thiazole rings is 1. The van der Waals surface area contributed by atoms with Gasteiger partial charge in [-0.25, -0.2) is 9.66 Å². The smallest absolute Gasteiger partial charge is 0.212 e. The number of aromatic nitrogens is 4. The van der Waals surface area contributed by atoms with Gasteiger partial charge < -0.3 is 19.6 Å². The van der Waals surface area contributed by atoms with Crippen LogP contribution < -0.4 is 19.6 Å². The number of thioether (sulfide) groups is 1. The van der Waals surface area contributed by atoms with E-state index in [4.69, 9.17) is 19.2 Å². The predicted molar refractivity (Wildman–Crippen MR) is 109 cm³/mol. The topological polar surface area (TPSA) is 83.3 Å². The molecule has 10 heteroatoms. The Bertz CT molecular complexity index is 976. The van der Waals surface area contributed by atoms with E-state index < -0.39 is 0 Å². The lowest BCUT2D eigenvalue weighted by Gasteiger charge is -2.17. The molecule has 4 rings (SSSR count). The van der Waals surface area contributed by atoms with Crippen molar-refractivity contribution in [2.24, 2.45) is 0 Å². The van der Waals surface area contributed by atoms with E-state index in [2.05, 4.69) is 34.9 Å². The molecule has 1 aliphatic heterocycles. The number of methoxy groups -OCH3 is 3. The van der Waals surface area contributed by atoms with Crippen LogP contribution in [0, 0.1) is 0 Å². The summed E-state index contributed by atoms with van der Waals surface area (Å²) in [7, 11) is 4.81. The predicted octanol–water partition coefficient (Wildman–Crippen LogP) is 3.90. The van der Waals surface area contributed by atoms with Crippen molar-refractivity contribution in [2.75, 3.05) is 26.8 Å². The molecule has 1 atom stereocenters. The Hall–Kier alpha value is -2.46. The van der Waals surface area contributed by atoms with Gasteiger partial charge in [0.05, 0.1) is 27.0 Å². The highest BCUT2D eigenvalue weighted by atomic mass is 32.2. The zero-order valence-corrected chi connectivity index (χ0v) is 17.8. The van der Waals surface area contributed by atoms with Gasteiger partial charge in [0.25, 0.3) is 0 Å². The van der Waals surface area contributed by atoms with Crippen molar-refractivity contribution in [1.29, 1.82) is 0 Å². The summed E-state index contributed by atoms with van der Waals surface area (Å²) >= 11 is 3.15. The summed E-state index contributed by atoms with van der Waals surface area (Å²) in [5.41, 5.74) is 5.49. The maximum Gasteiger partial charge on any atom is 0.212 e. The highest BCUT2D eigenvalue weighted by Gasteiger charge is 2.30. The highest BCUT2D eigenvalue weighted by molar-refractivity contribution is 7.99. The molecule has 1 unspecified atom stereocenters. The van der Waals surface area contributed by atoms with Crippen LogP contribution in [0.4, 0.5) is 0 Å². The molecule has 1 aliphatic rings. The van der Waals surface area contributed by atoms with Crippen molar-refractivity contribution in [1.82, 2.24) is 19.9 Å². The second kappa shape index (κ2) is 7.51. The third-order valence-electron chi connectivity index (χ3n) is 4.40. The van der Waals surface area contributed by atoms with Crippen LogP contribution in [-0.4, -0.2) is 41.2 Å². The van der Waals surface area contributed by atoms with Crippen LogP contribution in [0.5, 0.6) is 17.2 Å². The Kier molecular flexibility index (Phi) is 5.07. The van der Waals surface area contributed by atoms with Crippen LogP contribution >= 0.6 is 23.1 Å². The fraction of sp³-hybridized carbons (Fsp3) is 0.389. The Morgan fingerprint density at radius 2 is 1.79 bits per heavy atom. The molecule has 0 bridgehead atoms. The molecule has 0 fully saturated rings.